The summed E-state index contributed by atoms with van der Waals surface area (Å²) in [5.41, 5.74) is -0.992. The molecule has 0 aromatic heterocycles. The maximum Gasteiger partial charge on any atom is 0.416 e. The number of carbonyl (C=O) groups is 3. The van der Waals surface area contributed by atoms with Crippen molar-refractivity contribution in [1.82, 2.24) is 5.32 Å². The van der Waals surface area contributed by atoms with E-state index in [-0.39, 0.29) is 5.69 Å². The van der Waals surface area contributed by atoms with Crippen molar-refractivity contribution < 1.29 is 27.6 Å². The van der Waals surface area contributed by atoms with Crippen LogP contribution < -0.4 is 10.2 Å². The molecule has 28 heavy (non-hydrogen) atoms. The van der Waals surface area contributed by atoms with Crippen LogP contribution >= 0.6 is 11.6 Å². The number of halogens is 4. The van der Waals surface area contributed by atoms with Gasteiger partial charge in [-0.05, 0) is 36.4 Å². The molecule has 1 aliphatic heterocycles. The van der Waals surface area contributed by atoms with Crippen molar-refractivity contribution in [2.45, 2.75) is 6.18 Å². The summed E-state index contributed by atoms with van der Waals surface area (Å²) < 4.78 is 38.8. The van der Waals surface area contributed by atoms with Crippen molar-refractivity contribution >= 4 is 47.0 Å². The lowest BCUT2D eigenvalue weighted by Gasteiger charge is -2.28. The van der Waals surface area contributed by atoms with Crippen LogP contribution in [0.3, 0.4) is 0 Å². The van der Waals surface area contributed by atoms with Crippen LogP contribution in [0, 0.1) is 5.92 Å². The topological polar surface area (TPSA) is 78.8 Å². The van der Waals surface area contributed by atoms with Gasteiger partial charge >= 0.3 is 12.2 Å². The van der Waals surface area contributed by atoms with Crippen LogP contribution in [0.4, 0.5) is 29.3 Å². The quantitative estimate of drug-likeness (QED) is 0.615. The van der Waals surface area contributed by atoms with Crippen molar-refractivity contribution in [3.05, 3.63) is 59.1 Å². The Bertz CT molecular complexity index is 991. The molecule has 0 aliphatic carbocycles. The molecule has 1 atom stereocenters. The standard InChI is InChI=1S/C18H11ClF3N3O3/c19-11-4-2-5-12(8-11)23-9-14-15(26)24-17(28)25(16(14)27)13-6-1-3-10(7-13)18(20,21)22/h1-9,14H,(H,24,26,28)/t14-/m0/s1. The van der Waals surface area contributed by atoms with E-state index in [9.17, 15) is 27.6 Å². The zero-order valence-electron chi connectivity index (χ0n) is 13.9. The van der Waals surface area contributed by atoms with E-state index in [1.54, 1.807) is 18.2 Å². The molecule has 1 saturated heterocycles. The predicted molar refractivity (Wildman–Crippen MR) is 95.6 cm³/mol. The van der Waals surface area contributed by atoms with Gasteiger partial charge in [-0.15, -0.1) is 0 Å². The molecule has 1 aliphatic rings. The average molecular weight is 410 g/mol. The zero-order valence-corrected chi connectivity index (χ0v) is 14.7. The van der Waals surface area contributed by atoms with Crippen LogP contribution in [0.2, 0.25) is 5.02 Å². The second kappa shape index (κ2) is 7.43. The number of urea groups is 1. The number of nitrogens with one attached hydrogen (secondary N) is 1. The molecule has 0 unspecified atom stereocenters. The van der Waals surface area contributed by atoms with Gasteiger partial charge in [-0.1, -0.05) is 23.7 Å². The first-order valence-corrected chi connectivity index (χ1v) is 8.20. The molecule has 0 radical (unpaired) electrons. The highest BCUT2D eigenvalue weighted by Gasteiger charge is 2.41. The average Bonchev–Trinajstić information content (AvgIpc) is 2.61. The van der Waals surface area contributed by atoms with Gasteiger partial charge in [0.1, 0.15) is 0 Å². The maximum absolute atomic E-state index is 12.9. The summed E-state index contributed by atoms with van der Waals surface area (Å²) in [6.07, 6.45) is -3.65. The van der Waals surface area contributed by atoms with E-state index in [2.05, 4.69) is 4.99 Å². The lowest BCUT2D eigenvalue weighted by atomic mass is 10.1. The Kier molecular flexibility index (Phi) is 5.19. The van der Waals surface area contributed by atoms with Crippen LogP contribution in [0.1, 0.15) is 5.56 Å². The molecule has 1 heterocycles. The highest BCUT2D eigenvalue weighted by atomic mass is 35.5. The van der Waals surface area contributed by atoms with Gasteiger partial charge in [-0.25, -0.2) is 9.69 Å². The summed E-state index contributed by atoms with van der Waals surface area (Å²) in [7, 11) is 0. The fourth-order valence-corrected chi connectivity index (χ4v) is 2.69. The summed E-state index contributed by atoms with van der Waals surface area (Å²) in [5.74, 6) is -3.44. The number of rotatable bonds is 3. The summed E-state index contributed by atoms with van der Waals surface area (Å²) >= 11 is 5.83. The molecule has 0 bridgehead atoms. The van der Waals surface area contributed by atoms with Crippen LogP contribution in [0.15, 0.2) is 53.5 Å². The van der Waals surface area contributed by atoms with Crippen molar-refractivity contribution in [3.8, 4) is 0 Å². The predicted octanol–water partition coefficient (Wildman–Crippen LogP) is 3.96. The minimum Gasteiger partial charge on any atom is -0.276 e. The third-order valence-electron chi connectivity index (χ3n) is 3.81. The molecular formula is C18H11ClF3N3O3. The lowest BCUT2D eigenvalue weighted by molar-refractivity contribution is -0.138. The number of hydrogen-bond acceptors (Lipinski definition) is 4. The van der Waals surface area contributed by atoms with E-state index >= 15 is 0 Å². The molecule has 0 spiro atoms. The first-order valence-electron chi connectivity index (χ1n) is 7.82. The molecule has 1 fully saturated rings. The van der Waals surface area contributed by atoms with E-state index < -0.39 is 35.5 Å². The molecular weight excluding hydrogens is 399 g/mol. The number of alkyl halides is 3. The number of carbonyl (C=O) groups excluding carboxylic acids is 3. The molecule has 1 N–H and O–H groups in total. The highest BCUT2D eigenvalue weighted by Crippen LogP contribution is 2.32. The van der Waals surface area contributed by atoms with Gasteiger partial charge in [0.05, 0.1) is 16.9 Å². The fraction of sp³-hybridized carbons (Fsp3) is 0.111. The lowest BCUT2D eigenvalue weighted by Crippen LogP contribution is -2.58. The number of nitrogens with zero attached hydrogens (tertiary/aromatic N) is 2. The van der Waals surface area contributed by atoms with Gasteiger partial charge in [0.25, 0.3) is 5.91 Å². The largest absolute Gasteiger partial charge is 0.416 e. The molecule has 4 amide bonds. The number of amides is 4. The van der Waals surface area contributed by atoms with E-state index in [1.165, 1.54) is 6.07 Å². The first kappa shape index (κ1) is 19.6. The maximum atomic E-state index is 12.9. The third kappa shape index (κ3) is 4.04. The number of aliphatic imine (C=N–C) groups is 1. The van der Waals surface area contributed by atoms with E-state index in [1.807, 2.05) is 5.32 Å². The first-order chi connectivity index (χ1) is 13.2. The molecule has 0 saturated carbocycles. The minimum absolute atomic E-state index is 0.314. The molecule has 6 nitrogen and oxygen atoms in total. The second-order valence-corrected chi connectivity index (χ2v) is 6.19. The summed E-state index contributed by atoms with van der Waals surface area (Å²) in [4.78, 5) is 41.2. The number of imide groups is 2. The highest BCUT2D eigenvalue weighted by molar-refractivity contribution is 6.33. The Morgan fingerprint density at radius 3 is 2.46 bits per heavy atom. The van der Waals surface area contributed by atoms with Gasteiger partial charge in [-0.3, -0.25) is 19.9 Å². The number of barbiturate groups is 1. The second-order valence-electron chi connectivity index (χ2n) is 5.75. The van der Waals surface area contributed by atoms with E-state index in [0.29, 0.717) is 21.7 Å². The third-order valence-corrected chi connectivity index (χ3v) is 4.05. The molecule has 2 aromatic rings. The fourth-order valence-electron chi connectivity index (χ4n) is 2.50. The van der Waals surface area contributed by atoms with Crippen LogP contribution in [-0.2, 0) is 15.8 Å². The van der Waals surface area contributed by atoms with Gasteiger partial charge in [0, 0.05) is 11.2 Å². The Balaban J connectivity index is 1.92. The number of hydrogen-bond donors (Lipinski definition) is 1. The zero-order chi connectivity index (χ0) is 20.5. The van der Waals surface area contributed by atoms with E-state index in [4.69, 9.17) is 11.6 Å². The Morgan fingerprint density at radius 1 is 1.07 bits per heavy atom. The number of anilines is 1. The Labute approximate surface area is 161 Å². The van der Waals surface area contributed by atoms with Crippen LogP contribution in [-0.4, -0.2) is 24.1 Å². The van der Waals surface area contributed by atoms with Crippen LogP contribution in [0.25, 0.3) is 0 Å². The molecule has 10 heteroatoms. The Hall–Kier alpha value is -3.20. The summed E-state index contributed by atoms with van der Waals surface area (Å²) in [6.45, 7) is 0. The van der Waals surface area contributed by atoms with Crippen molar-refractivity contribution in [2.24, 2.45) is 10.9 Å². The van der Waals surface area contributed by atoms with Gasteiger partial charge < -0.3 is 0 Å². The van der Waals surface area contributed by atoms with Gasteiger partial charge in [0.2, 0.25) is 5.91 Å². The molecule has 2 aromatic carbocycles. The minimum atomic E-state index is -4.66. The molecule has 144 valence electrons. The van der Waals surface area contributed by atoms with E-state index in [0.717, 1.165) is 24.4 Å². The van der Waals surface area contributed by atoms with Crippen molar-refractivity contribution in [2.75, 3.05) is 4.90 Å². The SMILES string of the molecule is O=C1NC(=O)N(c2cccc(C(F)(F)F)c2)C(=O)[C@H]1C=Nc1cccc(Cl)c1. The van der Waals surface area contributed by atoms with Crippen molar-refractivity contribution in [1.29, 1.82) is 0 Å². The summed E-state index contributed by atoms with van der Waals surface area (Å²) in [5, 5.41) is 2.33. The number of benzene rings is 2. The normalized spacial score (nSPS) is 17.9. The van der Waals surface area contributed by atoms with Gasteiger partial charge in [-0.2, -0.15) is 13.2 Å². The van der Waals surface area contributed by atoms with Crippen LogP contribution in [0.5, 0.6) is 0 Å². The smallest absolute Gasteiger partial charge is 0.276 e. The molecule has 3 rings (SSSR count). The Morgan fingerprint density at radius 2 is 1.79 bits per heavy atom. The summed E-state index contributed by atoms with van der Waals surface area (Å²) in [6, 6.07) is 8.81. The van der Waals surface area contributed by atoms with Gasteiger partial charge in [0.15, 0.2) is 5.92 Å². The van der Waals surface area contributed by atoms with Crippen molar-refractivity contribution in [3.63, 3.8) is 0 Å². The monoisotopic (exact) mass is 409 g/mol.